The van der Waals surface area contributed by atoms with Gasteiger partial charge in [-0.25, -0.2) is 13.8 Å². The lowest BCUT2D eigenvalue weighted by molar-refractivity contribution is -0.121. The van der Waals surface area contributed by atoms with E-state index in [2.05, 4.69) is 4.99 Å². The predicted octanol–water partition coefficient (Wildman–Crippen LogP) is 4.99. The molecule has 0 radical (unpaired) electrons. The first-order valence-electron chi connectivity index (χ1n) is 8.32. The second-order valence-corrected chi connectivity index (χ2v) is 7.18. The van der Waals surface area contributed by atoms with Crippen LogP contribution in [0.15, 0.2) is 52.4 Å². The number of thioether (sulfide) groups is 1. The molecule has 1 aliphatic heterocycles. The summed E-state index contributed by atoms with van der Waals surface area (Å²) in [4.78, 5) is 18.5. The number of hydrogen-bond acceptors (Lipinski definition) is 4. The molecule has 0 saturated carbocycles. The van der Waals surface area contributed by atoms with Gasteiger partial charge in [0.2, 0.25) is 0 Å². The van der Waals surface area contributed by atoms with Gasteiger partial charge in [-0.15, -0.1) is 0 Å². The zero-order valence-electron chi connectivity index (χ0n) is 15.1. The highest BCUT2D eigenvalue weighted by Crippen LogP contribution is 2.35. The van der Waals surface area contributed by atoms with E-state index >= 15 is 0 Å². The fourth-order valence-electron chi connectivity index (χ4n) is 2.43. The summed E-state index contributed by atoms with van der Waals surface area (Å²) in [5.41, 5.74) is 0.744. The second kappa shape index (κ2) is 7.92. The van der Waals surface area contributed by atoms with Crippen molar-refractivity contribution in [2.45, 2.75) is 20.0 Å². The summed E-state index contributed by atoms with van der Waals surface area (Å²) in [5.74, 6) is -1.04. The minimum Gasteiger partial charge on any atom is -0.490 e. The van der Waals surface area contributed by atoms with Crippen LogP contribution in [0.1, 0.15) is 19.4 Å². The van der Waals surface area contributed by atoms with Crippen LogP contribution in [0.2, 0.25) is 0 Å². The SMILES string of the molecule is CC(C)Oc1ccccc1/C=C1/SC(=Nc2ccc(F)cc2F)N(C)C1=O. The van der Waals surface area contributed by atoms with Crippen molar-refractivity contribution in [2.24, 2.45) is 4.99 Å². The third kappa shape index (κ3) is 4.36. The summed E-state index contributed by atoms with van der Waals surface area (Å²) in [6.07, 6.45) is 1.72. The Hall–Kier alpha value is -2.67. The van der Waals surface area contributed by atoms with E-state index in [0.717, 1.165) is 29.5 Å². The molecular formula is C20H18F2N2O2S. The molecule has 1 heterocycles. The fraction of sp³-hybridized carbons (Fsp3) is 0.200. The lowest BCUT2D eigenvalue weighted by Gasteiger charge is -2.12. The minimum absolute atomic E-state index is 0.00210. The zero-order chi connectivity index (χ0) is 19.6. The third-order valence-corrected chi connectivity index (χ3v) is 4.76. The molecule has 140 valence electrons. The summed E-state index contributed by atoms with van der Waals surface area (Å²) >= 11 is 1.13. The predicted molar refractivity (Wildman–Crippen MR) is 104 cm³/mol. The lowest BCUT2D eigenvalue weighted by Crippen LogP contribution is -2.23. The average Bonchev–Trinajstić information content (AvgIpc) is 2.87. The standard InChI is InChI=1S/C20H18F2N2O2S/c1-12(2)26-17-7-5-4-6-13(17)10-18-19(25)24(3)20(27-18)23-16-9-8-14(21)11-15(16)22/h4-12H,1-3H3/b18-10+,23-20?. The first-order chi connectivity index (χ1) is 12.8. The van der Waals surface area contributed by atoms with Crippen LogP contribution in [0.4, 0.5) is 14.5 Å². The van der Waals surface area contributed by atoms with Gasteiger partial charge in [-0.05, 0) is 49.9 Å². The number of carbonyl (C=O) groups excluding carboxylic acids is 1. The number of benzene rings is 2. The number of carbonyl (C=O) groups is 1. The van der Waals surface area contributed by atoms with E-state index < -0.39 is 11.6 Å². The number of rotatable bonds is 4. The van der Waals surface area contributed by atoms with Crippen LogP contribution in [-0.4, -0.2) is 29.1 Å². The third-order valence-electron chi connectivity index (χ3n) is 3.70. The van der Waals surface area contributed by atoms with Crippen molar-refractivity contribution in [2.75, 3.05) is 7.05 Å². The molecule has 27 heavy (non-hydrogen) atoms. The second-order valence-electron chi connectivity index (χ2n) is 6.17. The van der Waals surface area contributed by atoms with Crippen LogP contribution in [0, 0.1) is 11.6 Å². The molecule has 0 aliphatic carbocycles. The van der Waals surface area contributed by atoms with Gasteiger partial charge in [0.1, 0.15) is 17.3 Å². The van der Waals surface area contributed by atoms with Crippen LogP contribution in [0.25, 0.3) is 6.08 Å². The number of nitrogens with zero attached hydrogens (tertiary/aromatic N) is 2. The van der Waals surface area contributed by atoms with Gasteiger partial charge in [0.25, 0.3) is 5.91 Å². The highest BCUT2D eigenvalue weighted by atomic mass is 32.2. The number of likely N-dealkylation sites (N-methyl/N-ethyl adjacent to an activating group) is 1. The maximum atomic E-state index is 13.9. The summed E-state index contributed by atoms with van der Waals surface area (Å²) < 4.78 is 32.7. The number of hydrogen-bond donors (Lipinski definition) is 0. The number of amides is 1. The molecular weight excluding hydrogens is 370 g/mol. The van der Waals surface area contributed by atoms with Crippen LogP contribution >= 0.6 is 11.8 Å². The number of amidine groups is 1. The Bertz CT molecular complexity index is 941. The molecule has 1 aliphatic rings. The Morgan fingerprint density at radius 1 is 1.19 bits per heavy atom. The van der Waals surface area contributed by atoms with Crippen LogP contribution in [0.3, 0.4) is 0 Å². The Morgan fingerprint density at radius 3 is 2.63 bits per heavy atom. The molecule has 0 aromatic heterocycles. The maximum absolute atomic E-state index is 13.9. The van der Waals surface area contributed by atoms with Gasteiger partial charge in [-0.1, -0.05) is 18.2 Å². The molecule has 0 spiro atoms. The van der Waals surface area contributed by atoms with Gasteiger partial charge in [0, 0.05) is 18.7 Å². The molecule has 1 fully saturated rings. The summed E-state index contributed by atoms with van der Waals surface area (Å²) in [7, 11) is 1.56. The van der Waals surface area contributed by atoms with E-state index in [0.29, 0.717) is 15.8 Å². The highest BCUT2D eigenvalue weighted by molar-refractivity contribution is 8.18. The van der Waals surface area contributed by atoms with Gasteiger partial charge in [0.15, 0.2) is 11.0 Å². The highest BCUT2D eigenvalue weighted by Gasteiger charge is 2.31. The number of ether oxygens (including phenoxy) is 1. The molecule has 7 heteroatoms. The summed E-state index contributed by atoms with van der Waals surface area (Å²) in [6.45, 7) is 3.85. The van der Waals surface area contributed by atoms with Gasteiger partial charge >= 0.3 is 0 Å². The summed E-state index contributed by atoms with van der Waals surface area (Å²) in [6, 6.07) is 10.5. The Balaban J connectivity index is 1.92. The van der Waals surface area contributed by atoms with Crippen molar-refractivity contribution in [3.05, 3.63) is 64.6 Å². The monoisotopic (exact) mass is 388 g/mol. The van der Waals surface area contributed by atoms with Crippen LogP contribution in [-0.2, 0) is 4.79 Å². The van der Waals surface area contributed by atoms with Crippen molar-refractivity contribution < 1.29 is 18.3 Å². The molecule has 0 unspecified atom stereocenters. The molecule has 1 amide bonds. The largest absolute Gasteiger partial charge is 0.490 e. The zero-order valence-corrected chi connectivity index (χ0v) is 15.9. The Labute approximate surface area is 160 Å². The van der Waals surface area contributed by atoms with Crippen molar-refractivity contribution >= 4 is 34.6 Å². The lowest BCUT2D eigenvalue weighted by atomic mass is 10.2. The Morgan fingerprint density at radius 2 is 1.93 bits per heavy atom. The van der Waals surface area contributed by atoms with E-state index in [1.165, 1.54) is 11.0 Å². The van der Waals surface area contributed by atoms with Gasteiger partial charge in [-0.3, -0.25) is 9.69 Å². The van der Waals surface area contributed by atoms with Gasteiger partial charge < -0.3 is 4.74 Å². The van der Waals surface area contributed by atoms with Crippen molar-refractivity contribution in [1.29, 1.82) is 0 Å². The number of para-hydroxylation sites is 1. The summed E-state index contributed by atoms with van der Waals surface area (Å²) in [5, 5.41) is 0.319. The molecule has 0 bridgehead atoms. The van der Waals surface area contributed by atoms with Crippen LogP contribution in [0.5, 0.6) is 5.75 Å². The van der Waals surface area contributed by atoms with Crippen molar-refractivity contribution in [1.82, 2.24) is 4.90 Å². The van der Waals surface area contributed by atoms with E-state index in [4.69, 9.17) is 4.74 Å². The number of aliphatic imine (C=N–C) groups is 1. The van der Waals surface area contributed by atoms with E-state index in [1.54, 1.807) is 13.1 Å². The Kier molecular flexibility index (Phi) is 5.60. The van der Waals surface area contributed by atoms with Crippen molar-refractivity contribution in [3.8, 4) is 5.75 Å². The van der Waals surface area contributed by atoms with E-state index in [1.807, 2.05) is 38.1 Å². The first kappa shape index (κ1) is 19.1. The molecule has 0 atom stereocenters. The normalized spacial score (nSPS) is 17.4. The molecule has 2 aromatic carbocycles. The molecule has 0 N–H and O–H groups in total. The average molecular weight is 388 g/mol. The quantitative estimate of drug-likeness (QED) is 0.694. The maximum Gasteiger partial charge on any atom is 0.266 e. The molecule has 2 aromatic rings. The van der Waals surface area contributed by atoms with Gasteiger partial charge in [0.05, 0.1) is 11.0 Å². The van der Waals surface area contributed by atoms with Crippen molar-refractivity contribution in [3.63, 3.8) is 0 Å². The fourth-order valence-corrected chi connectivity index (χ4v) is 3.40. The first-order valence-corrected chi connectivity index (χ1v) is 9.14. The molecule has 1 saturated heterocycles. The van der Waals surface area contributed by atoms with E-state index in [9.17, 15) is 13.6 Å². The number of halogens is 2. The van der Waals surface area contributed by atoms with E-state index in [-0.39, 0.29) is 17.7 Å². The topological polar surface area (TPSA) is 41.9 Å². The molecule has 3 rings (SSSR count). The van der Waals surface area contributed by atoms with Gasteiger partial charge in [-0.2, -0.15) is 0 Å². The van der Waals surface area contributed by atoms with Crippen LogP contribution < -0.4 is 4.74 Å². The minimum atomic E-state index is -0.781. The molecule has 4 nitrogen and oxygen atoms in total. The smallest absolute Gasteiger partial charge is 0.266 e.